The highest BCUT2D eigenvalue weighted by atomic mass is 79.9. The van der Waals surface area contributed by atoms with E-state index in [2.05, 4.69) is 40.1 Å². The van der Waals surface area contributed by atoms with Crippen LogP contribution in [-0.4, -0.2) is 17.0 Å². The Balaban J connectivity index is 2.27. The third-order valence-corrected chi connectivity index (χ3v) is 4.72. The summed E-state index contributed by atoms with van der Waals surface area (Å²) in [6, 6.07) is 0. The predicted molar refractivity (Wildman–Crippen MR) is 79.0 cm³/mol. The Bertz CT molecular complexity index is 386. The van der Waals surface area contributed by atoms with Gasteiger partial charge < -0.3 is 5.32 Å². The zero-order chi connectivity index (χ0) is 13.1. The normalized spacial score (nSPS) is 24.0. The van der Waals surface area contributed by atoms with Crippen molar-refractivity contribution in [3.63, 3.8) is 0 Å². The Hall–Kier alpha value is -0.640. The maximum atomic E-state index is 4.75. The first-order valence-corrected chi connectivity index (χ1v) is 7.69. The third kappa shape index (κ3) is 2.85. The summed E-state index contributed by atoms with van der Waals surface area (Å²) in [6.07, 6.45) is 6.01. The number of aryl methyl sites for hydroxylation is 1. The fourth-order valence-electron chi connectivity index (χ4n) is 2.61. The number of anilines is 1. The maximum absolute atomic E-state index is 4.75. The summed E-state index contributed by atoms with van der Waals surface area (Å²) < 4.78 is 1.01. The van der Waals surface area contributed by atoms with E-state index in [4.69, 9.17) is 4.98 Å². The Morgan fingerprint density at radius 2 is 1.89 bits per heavy atom. The maximum Gasteiger partial charge on any atom is 0.144 e. The summed E-state index contributed by atoms with van der Waals surface area (Å²) in [5.74, 6) is 3.37. The summed E-state index contributed by atoms with van der Waals surface area (Å²) >= 11 is 3.58. The number of halogens is 1. The second kappa shape index (κ2) is 6.00. The van der Waals surface area contributed by atoms with E-state index in [0.717, 1.165) is 34.1 Å². The van der Waals surface area contributed by atoms with Crippen molar-refractivity contribution < 1.29 is 0 Å². The molecule has 1 aliphatic rings. The van der Waals surface area contributed by atoms with Gasteiger partial charge in [-0.1, -0.05) is 26.7 Å². The van der Waals surface area contributed by atoms with E-state index in [0.29, 0.717) is 5.92 Å². The van der Waals surface area contributed by atoms with E-state index in [1.54, 1.807) is 0 Å². The van der Waals surface area contributed by atoms with Crippen LogP contribution in [0.4, 0.5) is 5.82 Å². The average Bonchev–Trinajstić information content (AvgIpc) is 2.40. The van der Waals surface area contributed by atoms with Gasteiger partial charge in [0, 0.05) is 13.0 Å². The molecule has 0 aromatic carbocycles. The van der Waals surface area contributed by atoms with Gasteiger partial charge in [0.2, 0.25) is 0 Å². The molecule has 1 aliphatic carbocycles. The van der Waals surface area contributed by atoms with Gasteiger partial charge in [0.15, 0.2) is 0 Å². The highest BCUT2D eigenvalue weighted by Crippen LogP contribution is 2.35. The standard InChI is InChI=1S/C14H22BrN3/c1-4-11-12(15)14(16-3)18-13(17-11)10-7-5-9(2)6-8-10/h9-10H,4-8H2,1-3H3,(H,16,17,18). The van der Waals surface area contributed by atoms with Crippen molar-refractivity contribution in [3.8, 4) is 0 Å². The number of hydrogen-bond acceptors (Lipinski definition) is 3. The van der Waals surface area contributed by atoms with E-state index in [-0.39, 0.29) is 0 Å². The molecule has 0 spiro atoms. The molecule has 1 heterocycles. The van der Waals surface area contributed by atoms with Gasteiger partial charge in [-0.2, -0.15) is 0 Å². The lowest BCUT2D eigenvalue weighted by molar-refractivity contribution is 0.339. The fourth-order valence-corrected chi connectivity index (χ4v) is 3.27. The first-order chi connectivity index (χ1) is 8.65. The Morgan fingerprint density at radius 3 is 2.44 bits per heavy atom. The molecule has 1 saturated carbocycles. The Morgan fingerprint density at radius 1 is 1.22 bits per heavy atom. The summed E-state index contributed by atoms with van der Waals surface area (Å²) in [7, 11) is 1.92. The summed E-state index contributed by atoms with van der Waals surface area (Å²) in [5, 5.41) is 3.16. The van der Waals surface area contributed by atoms with Crippen LogP contribution in [0.3, 0.4) is 0 Å². The quantitative estimate of drug-likeness (QED) is 0.911. The molecular formula is C14H22BrN3. The van der Waals surface area contributed by atoms with E-state index >= 15 is 0 Å². The second-order valence-corrected chi connectivity index (χ2v) is 6.04. The van der Waals surface area contributed by atoms with Crippen molar-refractivity contribution in [1.82, 2.24) is 9.97 Å². The van der Waals surface area contributed by atoms with Crippen LogP contribution in [0.15, 0.2) is 4.47 Å². The topological polar surface area (TPSA) is 37.8 Å². The molecule has 100 valence electrons. The van der Waals surface area contributed by atoms with E-state index in [1.165, 1.54) is 25.7 Å². The lowest BCUT2D eigenvalue weighted by Crippen LogP contribution is -2.15. The Labute approximate surface area is 118 Å². The van der Waals surface area contributed by atoms with Crippen molar-refractivity contribution in [2.45, 2.75) is 51.9 Å². The second-order valence-electron chi connectivity index (χ2n) is 5.25. The molecule has 0 atom stereocenters. The Kier molecular flexibility index (Phi) is 4.60. The van der Waals surface area contributed by atoms with Crippen molar-refractivity contribution in [2.24, 2.45) is 5.92 Å². The van der Waals surface area contributed by atoms with Crippen LogP contribution >= 0.6 is 15.9 Å². The molecule has 0 unspecified atom stereocenters. The number of rotatable bonds is 3. The molecule has 0 radical (unpaired) electrons. The first-order valence-electron chi connectivity index (χ1n) is 6.89. The molecule has 1 N–H and O–H groups in total. The van der Waals surface area contributed by atoms with E-state index in [9.17, 15) is 0 Å². The van der Waals surface area contributed by atoms with Crippen molar-refractivity contribution >= 4 is 21.7 Å². The minimum Gasteiger partial charge on any atom is -0.372 e. The van der Waals surface area contributed by atoms with Crippen LogP contribution in [0.5, 0.6) is 0 Å². The van der Waals surface area contributed by atoms with E-state index in [1.807, 2.05) is 7.05 Å². The highest BCUT2D eigenvalue weighted by molar-refractivity contribution is 9.10. The molecule has 3 nitrogen and oxygen atoms in total. The summed E-state index contributed by atoms with van der Waals surface area (Å²) in [4.78, 5) is 9.43. The van der Waals surface area contributed by atoms with Gasteiger partial charge in [0.25, 0.3) is 0 Å². The average molecular weight is 312 g/mol. The molecule has 4 heteroatoms. The van der Waals surface area contributed by atoms with Gasteiger partial charge in [0.05, 0.1) is 10.2 Å². The van der Waals surface area contributed by atoms with Gasteiger partial charge >= 0.3 is 0 Å². The molecule has 18 heavy (non-hydrogen) atoms. The lowest BCUT2D eigenvalue weighted by atomic mass is 9.82. The molecule has 2 rings (SSSR count). The summed E-state index contributed by atoms with van der Waals surface area (Å²) in [5.41, 5.74) is 1.11. The minimum absolute atomic E-state index is 0.548. The smallest absolute Gasteiger partial charge is 0.144 e. The van der Waals surface area contributed by atoms with Crippen LogP contribution in [0.2, 0.25) is 0 Å². The predicted octanol–water partition coefficient (Wildman–Crippen LogP) is 4.14. The summed E-state index contributed by atoms with van der Waals surface area (Å²) in [6.45, 7) is 4.48. The molecule has 1 fully saturated rings. The van der Waals surface area contributed by atoms with E-state index < -0.39 is 0 Å². The fraction of sp³-hybridized carbons (Fsp3) is 0.714. The minimum atomic E-state index is 0.548. The number of aromatic nitrogens is 2. The molecule has 0 aliphatic heterocycles. The van der Waals surface area contributed by atoms with Crippen LogP contribution in [0, 0.1) is 5.92 Å². The van der Waals surface area contributed by atoms with Crippen molar-refractivity contribution in [3.05, 3.63) is 16.0 Å². The van der Waals surface area contributed by atoms with Crippen LogP contribution in [-0.2, 0) is 6.42 Å². The zero-order valence-corrected chi connectivity index (χ0v) is 13.0. The van der Waals surface area contributed by atoms with Crippen molar-refractivity contribution in [1.29, 1.82) is 0 Å². The number of hydrogen-bond donors (Lipinski definition) is 1. The third-order valence-electron chi connectivity index (χ3n) is 3.89. The molecule has 0 saturated heterocycles. The number of nitrogens with zero attached hydrogens (tertiary/aromatic N) is 2. The van der Waals surface area contributed by atoms with Gasteiger partial charge in [-0.05, 0) is 41.1 Å². The zero-order valence-electron chi connectivity index (χ0n) is 11.5. The SMILES string of the molecule is CCc1nc(C2CCC(C)CC2)nc(NC)c1Br. The monoisotopic (exact) mass is 311 g/mol. The van der Waals surface area contributed by atoms with Gasteiger partial charge in [0.1, 0.15) is 11.6 Å². The van der Waals surface area contributed by atoms with Crippen molar-refractivity contribution in [2.75, 3.05) is 12.4 Å². The first kappa shape index (κ1) is 13.8. The van der Waals surface area contributed by atoms with Gasteiger partial charge in [-0.25, -0.2) is 9.97 Å². The molecule has 0 bridgehead atoms. The largest absolute Gasteiger partial charge is 0.372 e. The molecule has 0 amide bonds. The molecule has 1 aromatic heterocycles. The molecular weight excluding hydrogens is 290 g/mol. The number of nitrogens with one attached hydrogen (secondary N) is 1. The van der Waals surface area contributed by atoms with Crippen LogP contribution < -0.4 is 5.32 Å². The lowest BCUT2D eigenvalue weighted by Gasteiger charge is -2.25. The van der Waals surface area contributed by atoms with Gasteiger partial charge in [-0.15, -0.1) is 0 Å². The molecule has 1 aromatic rings. The van der Waals surface area contributed by atoms with Crippen LogP contribution in [0.1, 0.15) is 57.0 Å². The highest BCUT2D eigenvalue weighted by Gasteiger charge is 2.23. The van der Waals surface area contributed by atoms with Crippen LogP contribution in [0.25, 0.3) is 0 Å². The van der Waals surface area contributed by atoms with Gasteiger partial charge in [-0.3, -0.25) is 0 Å².